The van der Waals surface area contributed by atoms with Crippen LogP contribution in [0.5, 0.6) is 5.75 Å². The average molecular weight is 272 g/mol. The van der Waals surface area contributed by atoms with Crippen molar-refractivity contribution < 1.29 is 23.3 Å². The van der Waals surface area contributed by atoms with Crippen LogP contribution in [-0.2, 0) is 14.2 Å². The molecule has 1 aromatic rings. The summed E-state index contributed by atoms with van der Waals surface area (Å²) in [6.07, 6.45) is 0. The molecule has 0 saturated heterocycles. The van der Waals surface area contributed by atoms with E-state index in [1.54, 1.807) is 26.2 Å². The molecule has 0 aliphatic rings. The summed E-state index contributed by atoms with van der Waals surface area (Å²) in [5, 5.41) is 0. The summed E-state index contributed by atoms with van der Waals surface area (Å²) in [6, 6.07) is 4.81. The van der Waals surface area contributed by atoms with Crippen molar-refractivity contribution in [3.63, 3.8) is 0 Å². The number of halogens is 1. The molecule has 1 aromatic carbocycles. The van der Waals surface area contributed by atoms with Crippen LogP contribution in [0.4, 0.5) is 4.39 Å². The molecular weight excluding hydrogens is 251 g/mol. The van der Waals surface area contributed by atoms with Gasteiger partial charge in [0.2, 0.25) is 0 Å². The van der Waals surface area contributed by atoms with Gasteiger partial charge in [-0.2, -0.15) is 0 Å². The highest BCUT2D eigenvalue weighted by Gasteiger charge is 2.00. The lowest BCUT2D eigenvalue weighted by Crippen LogP contribution is -2.12. The van der Waals surface area contributed by atoms with Crippen LogP contribution < -0.4 is 4.74 Å². The number of benzene rings is 1. The maximum Gasteiger partial charge on any atom is 0.129 e. The molecule has 0 fully saturated rings. The first-order valence-electron chi connectivity index (χ1n) is 6.27. The van der Waals surface area contributed by atoms with Gasteiger partial charge >= 0.3 is 0 Å². The predicted octanol–water partition coefficient (Wildman–Crippen LogP) is 2.19. The van der Waals surface area contributed by atoms with E-state index in [0.29, 0.717) is 51.0 Å². The molecule has 0 heterocycles. The fourth-order valence-corrected chi connectivity index (χ4v) is 1.35. The van der Waals surface area contributed by atoms with Gasteiger partial charge in [-0.25, -0.2) is 4.39 Å². The van der Waals surface area contributed by atoms with Crippen LogP contribution in [0.2, 0.25) is 0 Å². The van der Waals surface area contributed by atoms with Gasteiger partial charge in [-0.05, 0) is 18.6 Å². The van der Waals surface area contributed by atoms with E-state index in [9.17, 15) is 4.39 Å². The van der Waals surface area contributed by atoms with Crippen molar-refractivity contribution in [1.29, 1.82) is 0 Å². The molecule has 0 aromatic heterocycles. The van der Waals surface area contributed by atoms with E-state index in [1.165, 1.54) is 6.07 Å². The maximum atomic E-state index is 13.2. The number of aryl methyl sites for hydroxylation is 1. The number of rotatable bonds is 10. The van der Waals surface area contributed by atoms with E-state index in [2.05, 4.69) is 0 Å². The largest absolute Gasteiger partial charge is 0.491 e. The maximum absolute atomic E-state index is 13.2. The van der Waals surface area contributed by atoms with Gasteiger partial charge in [0.1, 0.15) is 18.2 Å². The summed E-state index contributed by atoms with van der Waals surface area (Å²) in [7, 11) is 1.63. The van der Waals surface area contributed by atoms with E-state index < -0.39 is 0 Å². The summed E-state index contributed by atoms with van der Waals surface area (Å²) in [6.45, 7) is 4.74. The molecule has 1 rings (SSSR count). The Hall–Kier alpha value is -1.17. The van der Waals surface area contributed by atoms with Gasteiger partial charge in [-0.1, -0.05) is 6.07 Å². The minimum atomic E-state index is -0.259. The van der Waals surface area contributed by atoms with Crippen LogP contribution in [-0.4, -0.2) is 46.8 Å². The first-order chi connectivity index (χ1) is 9.24. The van der Waals surface area contributed by atoms with Crippen LogP contribution >= 0.6 is 0 Å². The van der Waals surface area contributed by atoms with Gasteiger partial charge in [0, 0.05) is 13.2 Å². The van der Waals surface area contributed by atoms with Crippen molar-refractivity contribution in [2.75, 3.05) is 46.8 Å². The molecule has 0 N–H and O–H groups in total. The topological polar surface area (TPSA) is 36.9 Å². The molecule has 0 atom stereocenters. The SMILES string of the molecule is COCCOCCOCCOc1ccc(C)c(F)c1. The summed E-state index contributed by atoms with van der Waals surface area (Å²) in [4.78, 5) is 0. The fourth-order valence-electron chi connectivity index (χ4n) is 1.35. The molecule has 5 heteroatoms. The van der Waals surface area contributed by atoms with Gasteiger partial charge in [0.05, 0.1) is 33.0 Å². The molecule has 0 bridgehead atoms. The van der Waals surface area contributed by atoms with Crippen molar-refractivity contribution in [1.82, 2.24) is 0 Å². The Morgan fingerprint density at radius 3 is 2.21 bits per heavy atom. The van der Waals surface area contributed by atoms with Crippen LogP contribution in [0.15, 0.2) is 18.2 Å². The third-order valence-corrected chi connectivity index (χ3v) is 2.44. The lowest BCUT2D eigenvalue weighted by molar-refractivity contribution is 0.0179. The molecule has 4 nitrogen and oxygen atoms in total. The van der Waals surface area contributed by atoms with Crippen molar-refractivity contribution in [2.24, 2.45) is 0 Å². The van der Waals surface area contributed by atoms with Gasteiger partial charge in [-0.3, -0.25) is 0 Å². The van der Waals surface area contributed by atoms with Crippen LogP contribution in [0.3, 0.4) is 0 Å². The Kier molecular flexibility index (Phi) is 8.13. The number of hydrogen-bond donors (Lipinski definition) is 0. The zero-order chi connectivity index (χ0) is 13.9. The van der Waals surface area contributed by atoms with Gasteiger partial charge in [-0.15, -0.1) is 0 Å². The van der Waals surface area contributed by atoms with Crippen molar-refractivity contribution >= 4 is 0 Å². The monoisotopic (exact) mass is 272 g/mol. The van der Waals surface area contributed by atoms with Gasteiger partial charge in [0.15, 0.2) is 0 Å². The highest BCUT2D eigenvalue weighted by molar-refractivity contribution is 5.27. The minimum absolute atomic E-state index is 0.259. The molecule has 0 amide bonds. The van der Waals surface area contributed by atoms with Crippen LogP contribution in [0, 0.1) is 12.7 Å². The Labute approximate surface area is 113 Å². The Morgan fingerprint density at radius 2 is 1.58 bits per heavy atom. The van der Waals surface area contributed by atoms with E-state index in [1.807, 2.05) is 0 Å². The predicted molar refractivity (Wildman–Crippen MR) is 70.1 cm³/mol. The molecule has 0 spiro atoms. The summed E-state index contributed by atoms with van der Waals surface area (Å²) in [5.41, 5.74) is 0.608. The van der Waals surface area contributed by atoms with E-state index in [0.717, 1.165) is 0 Å². The second-order valence-electron chi connectivity index (χ2n) is 3.98. The summed E-state index contributed by atoms with van der Waals surface area (Å²) < 4.78 is 33.9. The van der Waals surface area contributed by atoms with Crippen LogP contribution in [0.1, 0.15) is 5.56 Å². The van der Waals surface area contributed by atoms with Crippen molar-refractivity contribution in [2.45, 2.75) is 6.92 Å². The third-order valence-electron chi connectivity index (χ3n) is 2.44. The molecule has 108 valence electrons. The smallest absolute Gasteiger partial charge is 0.129 e. The van der Waals surface area contributed by atoms with E-state index in [4.69, 9.17) is 18.9 Å². The highest BCUT2D eigenvalue weighted by atomic mass is 19.1. The minimum Gasteiger partial charge on any atom is -0.491 e. The Balaban J connectivity index is 2.00. The normalized spacial score (nSPS) is 10.7. The highest BCUT2D eigenvalue weighted by Crippen LogP contribution is 2.15. The summed E-state index contributed by atoms with van der Waals surface area (Å²) >= 11 is 0. The van der Waals surface area contributed by atoms with E-state index >= 15 is 0 Å². The fraction of sp³-hybridized carbons (Fsp3) is 0.571. The Bertz CT molecular complexity index is 357. The molecular formula is C14H21FO4. The summed E-state index contributed by atoms with van der Waals surface area (Å²) in [5.74, 6) is 0.257. The zero-order valence-electron chi connectivity index (χ0n) is 11.5. The zero-order valence-corrected chi connectivity index (χ0v) is 11.5. The molecule has 0 unspecified atom stereocenters. The van der Waals surface area contributed by atoms with Gasteiger partial charge < -0.3 is 18.9 Å². The number of ether oxygens (including phenoxy) is 4. The number of methoxy groups -OCH3 is 1. The molecule has 0 radical (unpaired) electrons. The van der Waals surface area contributed by atoms with E-state index in [-0.39, 0.29) is 5.82 Å². The second kappa shape index (κ2) is 9.72. The molecule has 0 aliphatic heterocycles. The molecule has 19 heavy (non-hydrogen) atoms. The van der Waals surface area contributed by atoms with Gasteiger partial charge in [0.25, 0.3) is 0 Å². The average Bonchev–Trinajstić information content (AvgIpc) is 2.41. The third kappa shape index (κ3) is 7.10. The second-order valence-corrected chi connectivity index (χ2v) is 3.98. The number of hydrogen-bond acceptors (Lipinski definition) is 4. The molecule has 0 saturated carbocycles. The lowest BCUT2D eigenvalue weighted by atomic mass is 10.2. The first-order valence-corrected chi connectivity index (χ1v) is 6.27. The van der Waals surface area contributed by atoms with Crippen LogP contribution in [0.25, 0.3) is 0 Å². The standard InChI is InChI=1S/C14H21FO4/c1-12-3-4-13(11-14(12)15)19-10-9-18-8-7-17-6-5-16-2/h3-4,11H,5-10H2,1-2H3. The lowest BCUT2D eigenvalue weighted by Gasteiger charge is -2.08. The quantitative estimate of drug-likeness (QED) is 0.612. The molecule has 0 aliphatic carbocycles. The van der Waals surface area contributed by atoms with Crippen molar-refractivity contribution in [3.8, 4) is 5.75 Å². The first kappa shape index (κ1) is 15.9. The van der Waals surface area contributed by atoms with Crippen molar-refractivity contribution in [3.05, 3.63) is 29.6 Å². The Morgan fingerprint density at radius 1 is 0.947 bits per heavy atom.